The summed E-state index contributed by atoms with van der Waals surface area (Å²) in [6.07, 6.45) is 4.80. The molecule has 2 aliphatic rings. The molecule has 26 heavy (non-hydrogen) atoms. The van der Waals surface area contributed by atoms with Crippen LogP contribution in [0.4, 0.5) is 0 Å². The molecule has 0 bridgehead atoms. The number of pyridine rings is 1. The predicted molar refractivity (Wildman–Crippen MR) is 96.9 cm³/mol. The number of aryl methyl sites for hydroxylation is 1. The Morgan fingerprint density at radius 3 is 2.69 bits per heavy atom. The van der Waals surface area contributed by atoms with Gasteiger partial charge in [-0.25, -0.2) is 9.67 Å². The molecule has 1 saturated carbocycles. The van der Waals surface area contributed by atoms with Gasteiger partial charge in [0, 0.05) is 31.8 Å². The van der Waals surface area contributed by atoms with Crippen molar-refractivity contribution in [3.8, 4) is 0 Å². The molecule has 0 unspecified atom stereocenters. The van der Waals surface area contributed by atoms with Gasteiger partial charge in [-0.15, -0.1) is 0 Å². The summed E-state index contributed by atoms with van der Waals surface area (Å²) in [5.74, 6) is 2.73. The fourth-order valence-electron chi connectivity index (χ4n) is 3.60. The Labute approximate surface area is 152 Å². The highest BCUT2D eigenvalue weighted by Gasteiger charge is 2.37. The molecule has 2 aromatic rings. The van der Waals surface area contributed by atoms with Crippen LogP contribution in [0.5, 0.6) is 0 Å². The lowest BCUT2D eigenvalue weighted by molar-refractivity contribution is 0.0577. The van der Waals surface area contributed by atoms with Gasteiger partial charge >= 0.3 is 0 Å². The lowest BCUT2D eigenvalue weighted by Crippen LogP contribution is -2.43. The first-order valence-corrected chi connectivity index (χ1v) is 9.36. The molecule has 0 N–H and O–H groups in total. The molecule has 0 aromatic carbocycles. The SMILES string of the molecule is CC(C)C[C@H]1c2nc(C3CC3)nn2CCN1C(=O)c1ccc(=O)n(C)c1. The number of hydrogen-bond donors (Lipinski definition) is 0. The van der Waals surface area contributed by atoms with Crippen molar-refractivity contribution < 1.29 is 4.79 Å². The molecular weight excluding hydrogens is 330 g/mol. The van der Waals surface area contributed by atoms with Crippen LogP contribution < -0.4 is 5.56 Å². The van der Waals surface area contributed by atoms with E-state index in [2.05, 4.69) is 18.9 Å². The Balaban J connectivity index is 1.68. The van der Waals surface area contributed by atoms with Gasteiger partial charge in [0.05, 0.1) is 18.2 Å². The highest BCUT2D eigenvalue weighted by Crippen LogP contribution is 2.40. The average molecular weight is 355 g/mol. The van der Waals surface area contributed by atoms with Crippen molar-refractivity contribution in [3.05, 3.63) is 45.9 Å². The average Bonchev–Trinajstić information content (AvgIpc) is 3.36. The van der Waals surface area contributed by atoms with Crippen molar-refractivity contribution in [2.75, 3.05) is 6.54 Å². The van der Waals surface area contributed by atoms with Gasteiger partial charge < -0.3 is 9.47 Å². The normalized spacial score (nSPS) is 19.7. The first kappa shape index (κ1) is 17.0. The highest BCUT2D eigenvalue weighted by molar-refractivity contribution is 5.94. The fourth-order valence-corrected chi connectivity index (χ4v) is 3.60. The molecule has 1 fully saturated rings. The summed E-state index contributed by atoms with van der Waals surface area (Å²) in [4.78, 5) is 31.5. The maximum atomic E-state index is 13.2. The summed E-state index contributed by atoms with van der Waals surface area (Å²) in [7, 11) is 1.67. The van der Waals surface area contributed by atoms with Gasteiger partial charge in [-0.05, 0) is 31.2 Å². The molecule has 0 spiro atoms. The summed E-state index contributed by atoms with van der Waals surface area (Å²) in [6.45, 7) is 5.60. The van der Waals surface area contributed by atoms with Crippen molar-refractivity contribution in [1.82, 2.24) is 24.2 Å². The molecule has 1 aliphatic carbocycles. The third-order valence-corrected chi connectivity index (χ3v) is 5.17. The summed E-state index contributed by atoms with van der Waals surface area (Å²) in [5.41, 5.74) is 0.420. The molecule has 1 amide bonds. The largest absolute Gasteiger partial charge is 0.326 e. The monoisotopic (exact) mass is 355 g/mol. The second-order valence-electron chi connectivity index (χ2n) is 7.84. The topological polar surface area (TPSA) is 73.0 Å². The third kappa shape index (κ3) is 3.06. The lowest BCUT2D eigenvalue weighted by Gasteiger charge is -2.36. The van der Waals surface area contributed by atoms with Crippen molar-refractivity contribution >= 4 is 5.91 Å². The van der Waals surface area contributed by atoms with Gasteiger partial charge in [0.1, 0.15) is 5.82 Å². The Morgan fingerprint density at radius 2 is 2.04 bits per heavy atom. The number of carbonyl (C=O) groups is 1. The first-order chi connectivity index (χ1) is 12.4. The lowest BCUT2D eigenvalue weighted by atomic mass is 9.99. The van der Waals surface area contributed by atoms with Crippen LogP contribution in [-0.2, 0) is 13.6 Å². The highest BCUT2D eigenvalue weighted by atomic mass is 16.2. The summed E-state index contributed by atoms with van der Waals surface area (Å²) < 4.78 is 3.44. The van der Waals surface area contributed by atoms with Crippen LogP contribution in [0.3, 0.4) is 0 Å². The minimum absolute atomic E-state index is 0.0477. The van der Waals surface area contributed by atoms with E-state index in [1.165, 1.54) is 23.5 Å². The first-order valence-electron chi connectivity index (χ1n) is 9.36. The number of fused-ring (bicyclic) bond motifs is 1. The van der Waals surface area contributed by atoms with Gasteiger partial charge in [0.2, 0.25) is 5.56 Å². The molecule has 138 valence electrons. The molecular formula is C19H25N5O2. The molecule has 0 radical (unpaired) electrons. The van der Waals surface area contributed by atoms with E-state index in [-0.39, 0.29) is 17.5 Å². The number of nitrogens with zero attached hydrogens (tertiary/aromatic N) is 5. The van der Waals surface area contributed by atoms with Crippen LogP contribution in [0.15, 0.2) is 23.1 Å². The van der Waals surface area contributed by atoms with Crippen LogP contribution in [-0.4, -0.2) is 36.7 Å². The van der Waals surface area contributed by atoms with Gasteiger partial charge in [-0.2, -0.15) is 5.10 Å². The third-order valence-electron chi connectivity index (χ3n) is 5.17. The molecule has 4 rings (SSSR count). The molecule has 3 heterocycles. The van der Waals surface area contributed by atoms with Crippen LogP contribution in [0.1, 0.15) is 67.1 Å². The van der Waals surface area contributed by atoms with E-state index in [9.17, 15) is 9.59 Å². The Morgan fingerprint density at radius 1 is 1.27 bits per heavy atom. The quantitative estimate of drug-likeness (QED) is 0.842. The standard InChI is InChI=1S/C19H25N5O2/c1-12(2)10-15-18-20-17(13-4-5-13)21-24(18)9-8-23(15)19(26)14-6-7-16(25)22(3)11-14/h6-7,11-13,15H,4-5,8-10H2,1-3H3/t15-/m0/s1. The van der Waals surface area contributed by atoms with Crippen molar-refractivity contribution in [2.45, 2.75) is 51.6 Å². The Hall–Kier alpha value is -2.44. The number of carbonyl (C=O) groups excluding carboxylic acids is 1. The van der Waals surface area contributed by atoms with E-state index in [0.717, 1.165) is 18.1 Å². The van der Waals surface area contributed by atoms with E-state index in [1.54, 1.807) is 19.3 Å². The maximum absolute atomic E-state index is 13.2. The molecule has 1 atom stereocenters. The van der Waals surface area contributed by atoms with E-state index in [4.69, 9.17) is 4.98 Å². The number of amides is 1. The minimum atomic E-state index is -0.118. The smallest absolute Gasteiger partial charge is 0.256 e. The zero-order chi connectivity index (χ0) is 18.4. The van der Waals surface area contributed by atoms with Crippen LogP contribution in [0, 0.1) is 5.92 Å². The van der Waals surface area contributed by atoms with E-state index in [0.29, 0.717) is 30.5 Å². The molecule has 0 saturated heterocycles. The zero-order valence-corrected chi connectivity index (χ0v) is 15.6. The van der Waals surface area contributed by atoms with Crippen molar-refractivity contribution in [3.63, 3.8) is 0 Å². The molecule has 7 heteroatoms. The fraction of sp³-hybridized carbons (Fsp3) is 0.579. The summed E-state index contributed by atoms with van der Waals surface area (Å²) in [5, 5.41) is 4.68. The van der Waals surface area contributed by atoms with Gasteiger partial charge in [0.15, 0.2) is 5.82 Å². The molecule has 7 nitrogen and oxygen atoms in total. The predicted octanol–water partition coefficient (Wildman–Crippen LogP) is 2.10. The Kier molecular flexibility index (Phi) is 4.17. The zero-order valence-electron chi connectivity index (χ0n) is 15.6. The van der Waals surface area contributed by atoms with E-state index >= 15 is 0 Å². The van der Waals surface area contributed by atoms with Gasteiger partial charge in [0.25, 0.3) is 5.91 Å². The second kappa shape index (κ2) is 6.37. The van der Waals surface area contributed by atoms with Crippen LogP contribution >= 0.6 is 0 Å². The second-order valence-corrected chi connectivity index (χ2v) is 7.84. The molecule has 2 aromatic heterocycles. The van der Waals surface area contributed by atoms with Crippen molar-refractivity contribution in [2.24, 2.45) is 13.0 Å². The van der Waals surface area contributed by atoms with E-state index < -0.39 is 0 Å². The number of aromatic nitrogens is 4. The van der Waals surface area contributed by atoms with Crippen molar-refractivity contribution in [1.29, 1.82) is 0 Å². The Bertz CT molecular complexity index is 894. The summed E-state index contributed by atoms with van der Waals surface area (Å²) >= 11 is 0. The van der Waals surface area contributed by atoms with E-state index in [1.807, 2.05) is 9.58 Å². The maximum Gasteiger partial charge on any atom is 0.256 e. The molecule has 1 aliphatic heterocycles. The summed E-state index contributed by atoms with van der Waals surface area (Å²) in [6, 6.07) is 2.99. The number of hydrogen-bond acceptors (Lipinski definition) is 4. The number of rotatable bonds is 4. The minimum Gasteiger partial charge on any atom is -0.326 e. The van der Waals surface area contributed by atoms with Gasteiger partial charge in [-0.1, -0.05) is 13.8 Å². The van der Waals surface area contributed by atoms with Crippen LogP contribution in [0.25, 0.3) is 0 Å². The van der Waals surface area contributed by atoms with Gasteiger partial charge in [-0.3, -0.25) is 9.59 Å². The van der Waals surface area contributed by atoms with Crippen LogP contribution in [0.2, 0.25) is 0 Å².